The van der Waals surface area contributed by atoms with Crippen molar-refractivity contribution in [2.45, 2.75) is 98.1 Å². The summed E-state index contributed by atoms with van der Waals surface area (Å²) in [6.07, 6.45) is 10.8. The second kappa shape index (κ2) is 18.7. The normalized spacial score (nSPS) is 13.8. The number of amides is 1. The number of thioether (sulfide) groups is 1. The molecule has 0 saturated carbocycles. The first-order chi connectivity index (χ1) is 18.8. The summed E-state index contributed by atoms with van der Waals surface area (Å²) < 4.78 is 5.46. The standard InChI is InChI=1S/C33H50N2O4S/c1-24(2)13-11-14-25(3)15-12-16-26(4)19-20-40-23-29(30(36)22-34)35-32(38)28(27-17-9-8-10-18-27)21-31(37)39-33(5,6)7/h8-10,13,15,17-19,28-29H,11-12,14,16,20-23,34H2,1-7H3,(H,35,38)/b25-15+,26-19+/t28?,29-/m0/s1. The third kappa shape index (κ3) is 15.8. The monoisotopic (exact) mass is 570 g/mol. The predicted molar refractivity (Wildman–Crippen MR) is 168 cm³/mol. The van der Waals surface area contributed by atoms with Crippen LogP contribution in [0.15, 0.2) is 65.3 Å². The molecule has 0 fully saturated rings. The van der Waals surface area contributed by atoms with Gasteiger partial charge in [-0.15, -0.1) is 0 Å². The van der Waals surface area contributed by atoms with Crippen LogP contribution in [-0.2, 0) is 19.1 Å². The van der Waals surface area contributed by atoms with Crippen molar-refractivity contribution >= 4 is 29.4 Å². The van der Waals surface area contributed by atoms with E-state index in [0.29, 0.717) is 11.3 Å². The minimum absolute atomic E-state index is 0.116. The average Bonchev–Trinajstić information content (AvgIpc) is 2.87. The number of benzene rings is 1. The fourth-order valence-corrected chi connectivity index (χ4v) is 5.00. The van der Waals surface area contributed by atoms with Gasteiger partial charge in [-0.2, -0.15) is 11.8 Å². The minimum atomic E-state index is -0.769. The lowest BCUT2D eigenvalue weighted by Gasteiger charge is -2.24. The zero-order chi connectivity index (χ0) is 30.1. The van der Waals surface area contributed by atoms with Crippen molar-refractivity contribution in [3.8, 4) is 0 Å². The molecule has 1 aromatic carbocycles. The van der Waals surface area contributed by atoms with Gasteiger partial charge in [-0.05, 0) is 79.7 Å². The van der Waals surface area contributed by atoms with Crippen molar-refractivity contribution in [1.29, 1.82) is 0 Å². The number of ketones is 1. The topological polar surface area (TPSA) is 98.5 Å². The Morgan fingerprint density at radius 1 is 0.950 bits per heavy atom. The molecule has 1 aromatic rings. The highest BCUT2D eigenvalue weighted by Crippen LogP contribution is 2.23. The average molecular weight is 571 g/mol. The number of allylic oxidation sites excluding steroid dienone is 5. The van der Waals surface area contributed by atoms with Crippen molar-refractivity contribution < 1.29 is 19.1 Å². The van der Waals surface area contributed by atoms with Crippen molar-refractivity contribution in [2.75, 3.05) is 18.1 Å². The van der Waals surface area contributed by atoms with Crippen LogP contribution in [-0.4, -0.2) is 47.4 Å². The molecule has 40 heavy (non-hydrogen) atoms. The summed E-state index contributed by atoms with van der Waals surface area (Å²) in [5.41, 5.74) is 9.77. The molecule has 1 amide bonds. The molecule has 6 nitrogen and oxygen atoms in total. The van der Waals surface area contributed by atoms with E-state index in [0.717, 1.165) is 31.4 Å². The minimum Gasteiger partial charge on any atom is -0.460 e. The van der Waals surface area contributed by atoms with Crippen molar-refractivity contribution in [3.63, 3.8) is 0 Å². The summed E-state index contributed by atoms with van der Waals surface area (Å²) >= 11 is 1.58. The molecule has 0 aliphatic carbocycles. The van der Waals surface area contributed by atoms with Gasteiger partial charge in [0, 0.05) is 11.5 Å². The smallest absolute Gasteiger partial charge is 0.307 e. The first-order valence-corrected chi connectivity index (χ1v) is 15.3. The van der Waals surface area contributed by atoms with Crippen LogP contribution in [0.3, 0.4) is 0 Å². The number of nitrogens with one attached hydrogen (secondary N) is 1. The Hall–Kier alpha value is -2.64. The fourth-order valence-electron chi connectivity index (χ4n) is 3.95. The number of Topliss-reactive ketones (excluding diaryl/α,β-unsaturated/α-hetero) is 1. The molecule has 7 heteroatoms. The lowest BCUT2D eigenvalue weighted by atomic mass is 9.94. The Labute approximate surface area is 246 Å². The van der Waals surface area contributed by atoms with Gasteiger partial charge in [-0.25, -0.2) is 0 Å². The number of hydrogen-bond donors (Lipinski definition) is 2. The summed E-state index contributed by atoms with van der Waals surface area (Å²) in [4.78, 5) is 38.5. The molecule has 0 saturated heterocycles. The van der Waals surface area contributed by atoms with Gasteiger partial charge in [0.15, 0.2) is 5.78 Å². The highest BCUT2D eigenvalue weighted by atomic mass is 32.2. The molecule has 1 unspecified atom stereocenters. The summed E-state index contributed by atoms with van der Waals surface area (Å²) in [6, 6.07) is 8.36. The summed E-state index contributed by atoms with van der Waals surface area (Å²) in [6.45, 7) is 13.8. The molecular formula is C33H50N2O4S. The zero-order valence-electron chi connectivity index (χ0n) is 25.5. The van der Waals surface area contributed by atoms with Crippen LogP contribution < -0.4 is 11.1 Å². The Morgan fingerprint density at radius 3 is 2.12 bits per heavy atom. The Kier molecular flexibility index (Phi) is 16.5. The van der Waals surface area contributed by atoms with Crippen LogP contribution in [0, 0.1) is 0 Å². The van der Waals surface area contributed by atoms with E-state index in [4.69, 9.17) is 10.5 Å². The highest BCUT2D eigenvalue weighted by Gasteiger charge is 2.29. The van der Waals surface area contributed by atoms with E-state index in [1.807, 2.05) is 18.2 Å². The number of carbonyl (C=O) groups is 3. The molecule has 3 N–H and O–H groups in total. The molecular weight excluding hydrogens is 520 g/mol. The Morgan fingerprint density at radius 2 is 1.55 bits per heavy atom. The number of nitrogens with two attached hydrogens (primary N) is 1. The van der Waals surface area contributed by atoms with E-state index in [2.05, 4.69) is 51.2 Å². The Balaban J connectivity index is 2.73. The summed E-state index contributed by atoms with van der Waals surface area (Å²) in [7, 11) is 0. The van der Waals surface area contributed by atoms with E-state index < -0.39 is 23.5 Å². The molecule has 0 radical (unpaired) electrons. The maximum absolute atomic E-state index is 13.3. The van der Waals surface area contributed by atoms with Crippen LogP contribution in [0.25, 0.3) is 0 Å². The molecule has 0 aliphatic rings. The van der Waals surface area contributed by atoms with Crippen molar-refractivity contribution in [3.05, 3.63) is 70.8 Å². The van der Waals surface area contributed by atoms with Crippen LogP contribution in [0.1, 0.15) is 92.1 Å². The third-order valence-electron chi connectivity index (χ3n) is 6.17. The van der Waals surface area contributed by atoms with Crippen molar-refractivity contribution in [1.82, 2.24) is 5.32 Å². The van der Waals surface area contributed by atoms with Gasteiger partial charge in [0.05, 0.1) is 24.9 Å². The van der Waals surface area contributed by atoms with E-state index >= 15 is 0 Å². The van der Waals surface area contributed by atoms with Gasteiger partial charge >= 0.3 is 5.97 Å². The number of ether oxygens (including phenoxy) is 1. The van der Waals surface area contributed by atoms with Gasteiger partial charge in [-0.1, -0.05) is 65.3 Å². The Bertz CT molecular complexity index is 1030. The van der Waals surface area contributed by atoms with Gasteiger partial charge in [0.25, 0.3) is 0 Å². The van der Waals surface area contributed by atoms with Crippen LogP contribution >= 0.6 is 11.8 Å². The van der Waals surface area contributed by atoms with Gasteiger partial charge in [0.1, 0.15) is 5.60 Å². The first kappa shape index (κ1) is 35.4. The van der Waals surface area contributed by atoms with E-state index in [1.54, 1.807) is 44.7 Å². The van der Waals surface area contributed by atoms with Crippen LogP contribution in [0.5, 0.6) is 0 Å². The summed E-state index contributed by atoms with van der Waals surface area (Å²) in [5.74, 6) is -0.717. The summed E-state index contributed by atoms with van der Waals surface area (Å²) in [5, 5.41) is 2.86. The van der Waals surface area contributed by atoms with Gasteiger partial charge < -0.3 is 15.8 Å². The molecule has 1 rings (SSSR count). The number of hydrogen-bond acceptors (Lipinski definition) is 6. The van der Waals surface area contributed by atoms with Crippen LogP contribution in [0.2, 0.25) is 0 Å². The van der Waals surface area contributed by atoms with Crippen LogP contribution in [0.4, 0.5) is 0 Å². The highest BCUT2D eigenvalue weighted by molar-refractivity contribution is 7.99. The molecule has 0 spiro atoms. The molecule has 0 aliphatic heterocycles. The maximum Gasteiger partial charge on any atom is 0.307 e. The lowest BCUT2D eigenvalue weighted by Crippen LogP contribution is -2.47. The number of esters is 1. The number of rotatable bonds is 17. The second-order valence-electron chi connectivity index (χ2n) is 11.5. The molecule has 0 aromatic heterocycles. The third-order valence-corrected chi connectivity index (χ3v) is 7.14. The van der Waals surface area contributed by atoms with E-state index in [9.17, 15) is 14.4 Å². The predicted octanol–water partition coefficient (Wildman–Crippen LogP) is 6.67. The molecule has 2 atom stereocenters. The maximum atomic E-state index is 13.3. The largest absolute Gasteiger partial charge is 0.460 e. The van der Waals surface area contributed by atoms with Gasteiger partial charge in [0.2, 0.25) is 5.91 Å². The second-order valence-corrected chi connectivity index (χ2v) is 12.6. The van der Waals surface area contributed by atoms with Gasteiger partial charge in [-0.3, -0.25) is 14.4 Å². The SMILES string of the molecule is CC(C)=CCC/C(C)=C/CC/C(C)=C/CSC[C@H](NC(=O)C(CC(=O)OC(C)(C)C)c1ccccc1)C(=O)CN. The fraction of sp³-hybridized carbons (Fsp3) is 0.545. The van der Waals surface area contributed by atoms with E-state index in [1.165, 1.54) is 16.7 Å². The molecule has 0 bridgehead atoms. The molecule has 222 valence electrons. The number of carbonyl (C=O) groups excluding carboxylic acids is 3. The quantitative estimate of drug-likeness (QED) is 0.123. The van der Waals surface area contributed by atoms with E-state index in [-0.39, 0.29) is 24.7 Å². The lowest BCUT2D eigenvalue weighted by molar-refractivity contribution is -0.156. The van der Waals surface area contributed by atoms with Crippen molar-refractivity contribution in [2.24, 2.45) is 5.73 Å². The first-order valence-electron chi connectivity index (χ1n) is 14.1. The zero-order valence-corrected chi connectivity index (χ0v) is 26.4. The molecule has 0 heterocycles.